The van der Waals surface area contributed by atoms with Crippen molar-refractivity contribution in [1.82, 2.24) is 0 Å². The van der Waals surface area contributed by atoms with Crippen molar-refractivity contribution in [2.45, 2.75) is 6.04 Å². The smallest absolute Gasteiger partial charge is 0.0955 e. The summed E-state index contributed by atoms with van der Waals surface area (Å²) in [5, 5.41) is 3.36. The van der Waals surface area contributed by atoms with Crippen molar-refractivity contribution in [2.75, 3.05) is 11.9 Å². The number of nitrogens with two attached hydrogens (primary N) is 1. The van der Waals surface area contributed by atoms with Gasteiger partial charge in [0.2, 0.25) is 0 Å². The zero-order chi connectivity index (χ0) is 11.4. The van der Waals surface area contributed by atoms with Crippen LogP contribution in [0.5, 0.6) is 0 Å². The first-order chi connectivity index (χ1) is 7.79. The average Bonchev–Trinajstić information content (AvgIpc) is 2.79. The molecule has 3 N–H and O–H groups in total. The molecule has 0 bridgehead atoms. The van der Waals surface area contributed by atoms with Crippen molar-refractivity contribution < 1.29 is 4.42 Å². The Kier molecular flexibility index (Phi) is 3.64. The molecule has 84 valence electrons. The lowest BCUT2D eigenvalue weighted by Gasteiger charge is -2.16. The molecule has 0 fully saturated rings. The molecular weight excluding hydrogens is 268 g/mol. The lowest BCUT2D eigenvalue weighted by atomic mass is 10.1. The quantitative estimate of drug-likeness (QED) is 0.905. The van der Waals surface area contributed by atoms with Gasteiger partial charge >= 0.3 is 0 Å². The molecule has 0 aliphatic carbocycles. The molecule has 1 unspecified atom stereocenters. The Morgan fingerprint density at radius 3 is 2.88 bits per heavy atom. The summed E-state index contributed by atoms with van der Waals surface area (Å²) in [4.78, 5) is 0. The van der Waals surface area contributed by atoms with Crippen LogP contribution in [0.2, 0.25) is 0 Å². The summed E-state index contributed by atoms with van der Waals surface area (Å²) >= 11 is 3.43. The second kappa shape index (κ2) is 5.18. The van der Waals surface area contributed by atoms with E-state index >= 15 is 0 Å². The second-order valence-corrected chi connectivity index (χ2v) is 4.42. The minimum absolute atomic E-state index is 0.0769. The van der Waals surface area contributed by atoms with Gasteiger partial charge in [0, 0.05) is 22.3 Å². The van der Waals surface area contributed by atoms with Crippen molar-refractivity contribution in [3.63, 3.8) is 0 Å². The minimum atomic E-state index is 0.0769. The first kappa shape index (κ1) is 11.2. The van der Waals surface area contributed by atoms with E-state index in [9.17, 15) is 0 Å². The van der Waals surface area contributed by atoms with E-state index in [0.29, 0.717) is 6.54 Å². The van der Waals surface area contributed by atoms with Gasteiger partial charge in [0.05, 0.1) is 18.6 Å². The summed E-state index contributed by atoms with van der Waals surface area (Å²) in [5.74, 6) is 0. The van der Waals surface area contributed by atoms with Crippen molar-refractivity contribution in [2.24, 2.45) is 5.73 Å². The van der Waals surface area contributed by atoms with Gasteiger partial charge in [-0.05, 0) is 24.3 Å². The van der Waals surface area contributed by atoms with Crippen LogP contribution < -0.4 is 11.1 Å². The van der Waals surface area contributed by atoms with E-state index in [1.54, 1.807) is 12.5 Å². The lowest BCUT2D eigenvalue weighted by Crippen LogP contribution is -2.19. The zero-order valence-corrected chi connectivity index (χ0v) is 10.3. The summed E-state index contributed by atoms with van der Waals surface area (Å²) in [6, 6.07) is 9.99. The van der Waals surface area contributed by atoms with E-state index in [2.05, 4.69) is 21.2 Å². The summed E-state index contributed by atoms with van der Waals surface area (Å²) in [5.41, 5.74) is 7.83. The largest absolute Gasteiger partial charge is 0.472 e. The van der Waals surface area contributed by atoms with Gasteiger partial charge in [0.25, 0.3) is 0 Å². The van der Waals surface area contributed by atoms with Gasteiger partial charge in [-0.1, -0.05) is 22.0 Å². The highest BCUT2D eigenvalue weighted by Crippen LogP contribution is 2.21. The summed E-state index contributed by atoms with van der Waals surface area (Å²) in [6.07, 6.45) is 3.36. The predicted octanol–water partition coefficient (Wildman–Crippen LogP) is 3.15. The van der Waals surface area contributed by atoms with Crippen LogP contribution in [0.15, 0.2) is 51.7 Å². The van der Waals surface area contributed by atoms with Gasteiger partial charge in [0.15, 0.2) is 0 Å². The molecule has 0 aliphatic heterocycles. The van der Waals surface area contributed by atoms with Gasteiger partial charge in [-0.15, -0.1) is 0 Å². The number of rotatable bonds is 4. The molecule has 0 amide bonds. The molecule has 0 radical (unpaired) electrons. The fraction of sp³-hybridized carbons (Fsp3) is 0.167. The van der Waals surface area contributed by atoms with Crippen molar-refractivity contribution >= 4 is 21.6 Å². The maximum atomic E-state index is 5.73. The molecule has 1 aromatic heterocycles. The Morgan fingerprint density at radius 2 is 2.25 bits per heavy atom. The average molecular weight is 281 g/mol. The maximum absolute atomic E-state index is 5.73. The van der Waals surface area contributed by atoms with Crippen LogP contribution in [0.1, 0.15) is 11.6 Å². The highest BCUT2D eigenvalue weighted by Gasteiger charge is 2.10. The summed E-state index contributed by atoms with van der Waals surface area (Å²) in [6.45, 7) is 0.520. The summed E-state index contributed by atoms with van der Waals surface area (Å²) < 4.78 is 6.10. The Balaban J connectivity index is 2.13. The van der Waals surface area contributed by atoms with Gasteiger partial charge in [0.1, 0.15) is 0 Å². The zero-order valence-electron chi connectivity index (χ0n) is 8.69. The highest BCUT2D eigenvalue weighted by atomic mass is 79.9. The van der Waals surface area contributed by atoms with E-state index < -0.39 is 0 Å². The molecule has 2 aromatic rings. The number of anilines is 1. The van der Waals surface area contributed by atoms with E-state index in [-0.39, 0.29) is 6.04 Å². The maximum Gasteiger partial charge on any atom is 0.0955 e. The Morgan fingerprint density at radius 1 is 1.38 bits per heavy atom. The third-order valence-corrected chi connectivity index (χ3v) is 2.84. The van der Waals surface area contributed by atoms with E-state index in [1.165, 1.54) is 0 Å². The third-order valence-electron chi connectivity index (χ3n) is 2.35. The van der Waals surface area contributed by atoms with Crippen LogP contribution in [0, 0.1) is 0 Å². The topological polar surface area (TPSA) is 51.2 Å². The first-order valence-corrected chi connectivity index (χ1v) is 5.83. The fourth-order valence-electron chi connectivity index (χ4n) is 1.53. The highest BCUT2D eigenvalue weighted by molar-refractivity contribution is 9.10. The van der Waals surface area contributed by atoms with Crippen LogP contribution >= 0.6 is 15.9 Å². The van der Waals surface area contributed by atoms with E-state index in [1.807, 2.05) is 30.3 Å². The fourth-order valence-corrected chi connectivity index (χ4v) is 1.93. The predicted molar refractivity (Wildman–Crippen MR) is 68.3 cm³/mol. The molecule has 4 heteroatoms. The second-order valence-electron chi connectivity index (χ2n) is 3.50. The standard InChI is InChI=1S/C12H13BrN2O/c13-10-2-1-3-11(6-10)15-12(7-14)9-4-5-16-8-9/h1-6,8,12,15H,7,14H2. The molecule has 0 saturated carbocycles. The molecule has 1 atom stereocenters. The van der Waals surface area contributed by atoms with Crippen LogP contribution in [0.25, 0.3) is 0 Å². The van der Waals surface area contributed by atoms with E-state index in [4.69, 9.17) is 10.2 Å². The van der Waals surface area contributed by atoms with Crippen LogP contribution in [-0.4, -0.2) is 6.54 Å². The number of hydrogen-bond acceptors (Lipinski definition) is 3. The molecule has 16 heavy (non-hydrogen) atoms. The van der Waals surface area contributed by atoms with Gasteiger partial charge in [-0.3, -0.25) is 0 Å². The Bertz CT molecular complexity index is 442. The normalized spacial score (nSPS) is 12.4. The number of benzene rings is 1. The van der Waals surface area contributed by atoms with Gasteiger partial charge in [-0.25, -0.2) is 0 Å². The molecule has 1 heterocycles. The molecule has 2 rings (SSSR count). The Hall–Kier alpha value is -1.26. The van der Waals surface area contributed by atoms with Crippen LogP contribution in [0.3, 0.4) is 0 Å². The molecule has 0 aliphatic rings. The number of hydrogen-bond donors (Lipinski definition) is 2. The monoisotopic (exact) mass is 280 g/mol. The summed E-state index contributed by atoms with van der Waals surface area (Å²) in [7, 11) is 0. The van der Waals surface area contributed by atoms with Crippen LogP contribution in [0.4, 0.5) is 5.69 Å². The minimum Gasteiger partial charge on any atom is -0.472 e. The van der Waals surface area contributed by atoms with Crippen molar-refractivity contribution in [3.8, 4) is 0 Å². The lowest BCUT2D eigenvalue weighted by molar-refractivity contribution is 0.561. The number of halogens is 1. The third kappa shape index (κ3) is 2.65. The van der Waals surface area contributed by atoms with Gasteiger partial charge < -0.3 is 15.5 Å². The van der Waals surface area contributed by atoms with Crippen molar-refractivity contribution in [3.05, 3.63) is 52.9 Å². The van der Waals surface area contributed by atoms with E-state index in [0.717, 1.165) is 15.7 Å². The number of nitrogens with one attached hydrogen (secondary N) is 1. The SMILES string of the molecule is NCC(Nc1cccc(Br)c1)c1ccoc1. The Labute approximate surface area is 103 Å². The molecule has 0 spiro atoms. The van der Waals surface area contributed by atoms with Gasteiger partial charge in [-0.2, -0.15) is 0 Å². The first-order valence-electron chi connectivity index (χ1n) is 5.04. The van der Waals surface area contributed by atoms with Crippen molar-refractivity contribution in [1.29, 1.82) is 0 Å². The van der Waals surface area contributed by atoms with Crippen LogP contribution in [-0.2, 0) is 0 Å². The number of furan rings is 1. The molecule has 0 saturated heterocycles. The molecule has 3 nitrogen and oxygen atoms in total. The molecule has 1 aromatic carbocycles. The molecular formula is C12H13BrN2O.